The van der Waals surface area contributed by atoms with Gasteiger partial charge in [0.1, 0.15) is 0 Å². The molecule has 1 rings (SSSR count). The molecule has 0 bridgehead atoms. The normalized spacial score (nSPS) is 7.30. The molecule has 10 heavy (non-hydrogen) atoms. The number of nitrogens with zero attached hydrogens (tertiary/aromatic N) is 1. The fraction of sp³-hybridized carbons (Fsp3) is 0.167. The Labute approximate surface area is 64.9 Å². The van der Waals surface area contributed by atoms with Crippen molar-refractivity contribution in [3.63, 3.8) is 0 Å². The van der Waals surface area contributed by atoms with Gasteiger partial charge in [0.15, 0.2) is 0 Å². The summed E-state index contributed by atoms with van der Waals surface area (Å²) in [6.07, 6.45) is 3.49. The number of halogens is 1. The Bertz CT molecular complexity index is 157. The number of hydrogen-bond donors (Lipinski definition) is 1. The van der Waals surface area contributed by atoms with E-state index in [1.54, 1.807) is 12.4 Å². The number of alkyl halides is 1. The van der Waals surface area contributed by atoms with Crippen LogP contribution < -0.4 is 6.15 Å². The molecule has 1 aromatic heterocycles. The molecule has 0 aliphatic heterocycles. The Morgan fingerprint density at radius 2 is 2.20 bits per heavy atom. The zero-order chi connectivity index (χ0) is 5.82. The molecule has 3 nitrogen and oxygen atoms in total. The van der Waals surface area contributed by atoms with Gasteiger partial charge in [-0.2, -0.15) is 0 Å². The summed E-state index contributed by atoms with van der Waals surface area (Å²) in [6, 6.07) is 3.82. The van der Waals surface area contributed by atoms with Crippen LogP contribution in [-0.4, -0.2) is 10.5 Å². The van der Waals surface area contributed by atoms with E-state index >= 15 is 0 Å². The van der Waals surface area contributed by atoms with Crippen LogP contribution in [0.25, 0.3) is 0 Å². The molecule has 0 saturated heterocycles. The minimum Gasteiger partial charge on any atom is -0.412 e. The summed E-state index contributed by atoms with van der Waals surface area (Å²) >= 11 is 5.49. The molecule has 0 spiro atoms. The van der Waals surface area contributed by atoms with Crippen molar-refractivity contribution in [2.75, 3.05) is 0 Å². The minimum absolute atomic E-state index is 0. The molecular formula is C6H11ClN2O. The first-order chi connectivity index (χ1) is 3.93. The van der Waals surface area contributed by atoms with Crippen LogP contribution in [0.3, 0.4) is 0 Å². The SMILES string of the molecule is ClCc1cccnc1.N.O. The van der Waals surface area contributed by atoms with E-state index < -0.39 is 0 Å². The smallest absolute Gasteiger partial charge is 0.0489 e. The molecule has 0 aromatic carbocycles. The van der Waals surface area contributed by atoms with Crippen molar-refractivity contribution in [1.29, 1.82) is 0 Å². The molecule has 4 heteroatoms. The second-order valence-electron chi connectivity index (χ2n) is 1.49. The predicted octanol–water partition coefficient (Wildman–Crippen LogP) is 1.16. The topological polar surface area (TPSA) is 79.4 Å². The van der Waals surface area contributed by atoms with E-state index in [0.717, 1.165) is 5.56 Å². The molecule has 0 aliphatic carbocycles. The van der Waals surface area contributed by atoms with Crippen LogP contribution in [-0.2, 0) is 5.88 Å². The van der Waals surface area contributed by atoms with Crippen LogP contribution in [0.4, 0.5) is 0 Å². The third kappa shape index (κ3) is 3.40. The molecule has 0 amide bonds. The van der Waals surface area contributed by atoms with E-state index in [2.05, 4.69) is 4.98 Å². The molecule has 1 heterocycles. The number of hydrogen-bond acceptors (Lipinski definition) is 2. The zero-order valence-electron chi connectivity index (χ0n) is 5.55. The van der Waals surface area contributed by atoms with Crippen LogP contribution >= 0.6 is 11.6 Å². The highest BCUT2D eigenvalue weighted by Gasteiger charge is 1.82. The highest BCUT2D eigenvalue weighted by Crippen LogP contribution is 1.98. The maximum atomic E-state index is 5.49. The molecule has 0 unspecified atom stereocenters. The summed E-state index contributed by atoms with van der Waals surface area (Å²) in [5, 5.41) is 0. The van der Waals surface area contributed by atoms with Crippen LogP contribution in [0.15, 0.2) is 24.5 Å². The molecular weight excluding hydrogens is 152 g/mol. The van der Waals surface area contributed by atoms with E-state index in [4.69, 9.17) is 11.6 Å². The van der Waals surface area contributed by atoms with Crippen LogP contribution in [0.5, 0.6) is 0 Å². The lowest BCUT2D eigenvalue weighted by Gasteiger charge is -1.87. The molecule has 0 saturated carbocycles. The fourth-order valence-corrected chi connectivity index (χ4v) is 0.635. The standard InChI is InChI=1S/C6H6ClN.H3N.H2O/c7-4-6-2-1-3-8-5-6;;/h1-3,5H,4H2;1H3;1H2. The average Bonchev–Trinajstić information content (AvgIpc) is 1.90. The third-order valence-corrected chi connectivity index (χ3v) is 1.19. The summed E-state index contributed by atoms with van der Waals surface area (Å²) in [5.41, 5.74) is 1.06. The van der Waals surface area contributed by atoms with E-state index in [-0.39, 0.29) is 11.6 Å². The van der Waals surface area contributed by atoms with Crippen molar-refractivity contribution >= 4 is 11.6 Å². The lowest BCUT2D eigenvalue weighted by atomic mass is 10.3. The van der Waals surface area contributed by atoms with Gasteiger partial charge in [-0.05, 0) is 11.6 Å². The summed E-state index contributed by atoms with van der Waals surface area (Å²) in [5.74, 6) is 0.549. The molecule has 0 fully saturated rings. The molecule has 0 atom stereocenters. The van der Waals surface area contributed by atoms with Crippen molar-refractivity contribution in [2.45, 2.75) is 5.88 Å². The first-order valence-corrected chi connectivity index (χ1v) is 2.92. The van der Waals surface area contributed by atoms with Gasteiger partial charge in [-0.1, -0.05) is 6.07 Å². The van der Waals surface area contributed by atoms with Crippen molar-refractivity contribution in [3.8, 4) is 0 Å². The highest BCUT2D eigenvalue weighted by molar-refractivity contribution is 6.17. The molecule has 58 valence electrons. The largest absolute Gasteiger partial charge is 0.412 e. The molecule has 0 aliphatic rings. The van der Waals surface area contributed by atoms with Crippen LogP contribution in [0.1, 0.15) is 5.56 Å². The second-order valence-corrected chi connectivity index (χ2v) is 1.76. The number of aromatic nitrogens is 1. The predicted molar refractivity (Wildman–Crippen MR) is 42.4 cm³/mol. The maximum absolute atomic E-state index is 5.49. The van der Waals surface area contributed by atoms with E-state index in [9.17, 15) is 0 Å². The lowest BCUT2D eigenvalue weighted by molar-refractivity contribution is 0.824. The second kappa shape index (κ2) is 6.48. The van der Waals surface area contributed by atoms with E-state index in [0.29, 0.717) is 5.88 Å². The Morgan fingerprint density at radius 3 is 2.50 bits per heavy atom. The van der Waals surface area contributed by atoms with Crippen molar-refractivity contribution in [1.82, 2.24) is 11.1 Å². The maximum Gasteiger partial charge on any atom is 0.0489 e. The third-order valence-electron chi connectivity index (χ3n) is 0.877. The van der Waals surface area contributed by atoms with Crippen LogP contribution in [0.2, 0.25) is 0 Å². The van der Waals surface area contributed by atoms with Gasteiger partial charge >= 0.3 is 0 Å². The Balaban J connectivity index is 0. The molecule has 5 N–H and O–H groups in total. The van der Waals surface area contributed by atoms with Gasteiger partial charge in [0.05, 0.1) is 0 Å². The monoisotopic (exact) mass is 162 g/mol. The van der Waals surface area contributed by atoms with Crippen LogP contribution in [0, 0.1) is 0 Å². The highest BCUT2D eigenvalue weighted by atomic mass is 35.5. The molecule has 0 radical (unpaired) electrons. The first-order valence-electron chi connectivity index (χ1n) is 2.38. The van der Waals surface area contributed by atoms with Gasteiger partial charge < -0.3 is 11.6 Å². The van der Waals surface area contributed by atoms with Crippen molar-refractivity contribution in [2.24, 2.45) is 0 Å². The zero-order valence-corrected chi connectivity index (χ0v) is 6.30. The van der Waals surface area contributed by atoms with Gasteiger partial charge in [0.2, 0.25) is 0 Å². The number of pyridine rings is 1. The van der Waals surface area contributed by atoms with Crippen molar-refractivity contribution < 1.29 is 5.48 Å². The average molecular weight is 163 g/mol. The van der Waals surface area contributed by atoms with Gasteiger partial charge in [0, 0.05) is 18.3 Å². The summed E-state index contributed by atoms with van der Waals surface area (Å²) < 4.78 is 0. The van der Waals surface area contributed by atoms with Gasteiger partial charge in [-0.3, -0.25) is 4.98 Å². The summed E-state index contributed by atoms with van der Waals surface area (Å²) in [4.78, 5) is 3.87. The summed E-state index contributed by atoms with van der Waals surface area (Å²) in [7, 11) is 0. The minimum atomic E-state index is 0. The Kier molecular flexibility index (Phi) is 7.82. The van der Waals surface area contributed by atoms with Gasteiger partial charge in [-0.25, -0.2) is 0 Å². The first kappa shape index (κ1) is 12.1. The Hall–Kier alpha value is -0.640. The fourth-order valence-electron chi connectivity index (χ4n) is 0.477. The van der Waals surface area contributed by atoms with Crippen molar-refractivity contribution in [3.05, 3.63) is 30.1 Å². The summed E-state index contributed by atoms with van der Waals surface area (Å²) in [6.45, 7) is 0. The number of rotatable bonds is 1. The van der Waals surface area contributed by atoms with E-state index in [1.807, 2.05) is 12.1 Å². The quantitative estimate of drug-likeness (QED) is 0.629. The molecule has 1 aromatic rings. The lowest BCUT2D eigenvalue weighted by Crippen LogP contribution is -1.75. The van der Waals surface area contributed by atoms with E-state index in [1.165, 1.54) is 0 Å². The van der Waals surface area contributed by atoms with Gasteiger partial charge in [0.25, 0.3) is 0 Å². The Morgan fingerprint density at radius 1 is 1.50 bits per heavy atom. The van der Waals surface area contributed by atoms with Gasteiger partial charge in [-0.15, -0.1) is 11.6 Å².